The second kappa shape index (κ2) is 13.7. The van der Waals surface area contributed by atoms with Gasteiger partial charge in [-0.3, -0.25) is 0 Å². The number of nitrogens with zero attached hydrogens (tertiary/aromatic N) is 3. The Balaban J connectivity index is 1.26. The molecular formula is C30H35Br2N3O4S2. The number of ether oxygens (including phenoxy) is 4. The number of rotatable bonds is 13. The number of benzene rings is 1. The van der Waals surface area contributed by atoms with E-state index in [-0.39, 0.29) is 0 Å². The van der Waals surface area contributed by atoms with E-state index in [1.165, 1.54) is 57.8 Å². The van der Waals surface area contributed by atoms with E-state index < -0.39 is 0 Å². The smallest absolute Gasteiger partial charge is 0.187 e. The first-order valence-corrected chi connectivity index (χ1v) is 17.9. The topological polar surface area (TPSA) is 67.6 Å². The molecule has 0 fully saturated rings. The van der Waals surface area contributed by atoms with E-state index in [1.54, 1.807) is 22.7 Å². The average molecular weight is 726 g/mol. The summed E-state index contributed by atoms with van der Waals surface area (Å²) in [5.41, 5.74) is 3.71. The zero-order chi connectivity index (χ0) is 28.2. The third kappa shape index (κ3) is 6.28. The molecule has 0 saturated heterocycles. The molecule has 0 aliphatic carbocycles. The summed E-state index contributed by atoms with van der Waals surface area (Å²) in [6, 6.07) is 4.24. The van der Waals surface area contributed by atoms with Crippen LogP contribution in [-0.4, -0.2) is 41.4 Å². The summed E-state index contributed by atoms with van der Waals surface area (Å²) in [6.45, 7) is 5.22. The molecule has 0 radical (unpaired) electrons. The van der Waals surface area contributed by atoms with Gasteiger partial charge < -0.3 is 18.9 Å². The standard InChI is InChI=1S/C30H35Br2N3O4S2/c1-2-3-4-5-6-7-8-9-10-11-14-35-33-21-19(27-23-25(29(31)40-27)38-17-15-36-23)12-13-20(22(21)34-35)28-24-26(30(32)41-28)39-18-16-37-24/h12-13H,2-11,14-18H2,1H3. The summed E-state index contributed by atoms with van der Waals surface area (Å²) in [6.07, 6.45) is 13.0. The Morgan fingerprint density at radius 3 is 1.51 bits per heavy atom. The first-order valence-electron chi connectivity index (χ1n) is 14.7. The lowest BCUT2D eigenvalue weighted by molar-refractivity contribution is 0.173. The molecule has 1 aromatic carbocycles. The summed E-state index contributed by atoms with van der Waals surface area (Å²) in [7, 11) is 0. The van der Waals surface area contributed by atoms with Gasteiger partial charge in [-0.1, -0.05) is 76.8 Å². The molecule has 6 rings (SSSR count). The Hall–Kier alpha value is -1.82. The van der Waals surface area contributed by atoms with Gasteiger partial charge >= 0.3 is 0 Å². The largest absolute Gasteiger partial charge is 0.485 e. The van der Waals surface area contributed by atoms with Crippen molar-refractivity contribution in [2.24, 2.45) is 0 Å². The van der Waals surface area contributed by atoms with Gasteiger partial charge in [-0.25, -0.2) is 0 Å². The van der Waals surface area contributed by atoms with Gasteiger partial charge in [0, 0.05) is 11.1 Å². The van der Waals surface area contributed by atoms with Gasteiger partial charge in [0.1, 0.15) is 45.0 Å². The number of hydrogen-bond donors (Lipinski definition) is 0. The number of thiophene rings is 2. The fourth-order valence-corrected chi connectivity index (χ4v) is 8.87. The number of aryl methyl sites for hydroxylation is 1. The second-order valence-electron chi connectivity index (χ2n) is 10.5. The number of unbranched alkanes of at least 4 members (excludes halogenated alkanes) is 9. The minimum absolute atomic E-state index is 0.530. The van der Waals surface area contributed by atoms with Gasteiger partial charge in [0.15, 0.2) is 23.0 Å². The molecule has 3 aromatic heterocycles. The fourth-order valence-electron chi connectivity index (χ4n) is 5.43. The van der Waals surface area contributed by atoms with E-state index >= 15 is 0 Å². The maximum atomic E-state index is 6.08. The molecule has 0 atom stereocenters. The zero-order valence-electron chi connectivity index (χ0n) is 23.3. The van der Waals surface area contributed by atoms with Crippen molar-refractivity contribution in [1.29, 1.82) is 0 Å². The van der Waals surface area contributed by atoms with Crippen LogP contribution in [0.5, 0.6) is 23.0 Å². The van der Waals surface area contributed by atoms with Crippen LogP contribution in [0.4, 0.5) is 0 Å². The predicted molar refractivity (Wildman–Crippen MR) is 173 cm³/mol. The molecule has 0 unspecified atom stereocenters. The molecule has 0 N–H and O–H groups in total. The maximum absolute atomic E-state index is 6.08. The molecular weight excluding hydrogens is 690 g/mol. The van der Waals surface area contributed by atoms with Crippen LogP contribution in [0.15, 0.2) is 19.7 Å². The van der Waals surface area contributed by atoms with Crippen LogP contribution in [0.1, 0.15) is 71.1 Å². The lowest BCUT2D eigenvalue weighted by Gasteiger charge is -2.17. The van der Waals surface area contributed by atoms with Crippen LogP contribution >= 0.6 is 54.5 Å². The number of hydrogen-bond acceptors (Lipinski definition) is 8. The minimum atomic E-state index is 0.530. The van der Waals surface area contributed by atoms with Gasteiger partial charge in [0.05, 0.1) is 16.3 Å². The van der Waals surface area contributed by atoms with E-state index in [0.29, 0.717) is 26.4 Å². The number of halogens is 2. The molecule has 11 heteroatoms. The number of fused-ring (bicyclic) bond motifs is 3. The van der Waals surface area contributed by atoms with Gasteiger partial charge in [0.25, 0.3) is 0 Å². The van der Waals surface area contributed by atoms with Crippen LogP contribution in [0.3, 0.4) is 0 Å². The Morgan fingerprint density at radius 2 is 1.05 bits per heavy atom. The summed E-state index contributed by atoms with van der Waals surface area (Å²) in [5, 5.41) is 10.1. The SMILES string of the molecule is CCCCCCCCCCCCn1nc2c(-c3sc(Br)c4c3OCCO4)ccc(-c3sc(Br)c4c3OCCO4)c2n1. The third-order valence-corrected chi connectivity index (χ3v) is 11.1. The molecule has 0 spiro atoms. The van der Waals surface area contributed by atoms with Crippen molar-refractivity contribution in [3.63, 3.8) is 0 Å². The van der Waals surface area contributed by atoms with Crippen LogP contribution in [0, 0.1) is 0 Å². The normalized spacial score (nSPS) is 14.2. The Labute approximate surface area is 265 Å². The van der Waals surface area contributed by atoms with E-state index in [9.17, 15) is 0 Å². The fraction of sp³-hybridized carbons (Fsp3) is 0.533. The van der Waals surface area contributed by atoms with Crippen molar-refractivity contribution in [3.05, 3.63) is 19.7 Å². The quantitative estimate of drug-likeness (QED) is 0.128. The van der Waals surface area contributed by atoms with Crippen molar-refractivity contribution in [3.8, 4) is 43.9 Å². The van der Waals surface area contributed by atoms with Gasteiger partial charge in [0.2, 0.25) is 0 Å². The van der Waals surface area contributed by atoms with Crippen LogP contribution in [0.25, 0.3) is 31.9 Å². The maximum Gasteiger partial charge on any atom is 0.187 e. The van der Waals surface area contributed by atoms with E-state index in [4.69, 9.17) is 29.1 Å². The highest BCUT2D eigenvalue weighted by Gasteiger charge is 2.30. The lowest BCUT2D eigenvalue weighted by Crippen LogP contribution is -2.14. The predicted octanol–water partition coefficient (Wildman–Crippen LogP) is 9.88. The third-order valence-electron chi connectivity index (χ3n) is 7.50. The summed E-state index contributed by atoms with van der Waals surface area (Å²) < 4.78 is 25.8. The highest BCUT2D eigenvalue weighted by Crippen LogP contribution is 2.55. The van der Waals surface area contributed by atoms with Gasteiger partial charge in [-0.15, -0.1) is 22.7 Å². The Kier molecular flexibility index (Phi) is 9.74. The average Bonchev–Trinajstić information content (AvgIpc) is 3.67. The van der Waals surface area contributed by atoms with Crippen molar-refractivity contribution < 1.29 is 18.9 Å². The van der Waals surface area contributed by atoms with Crippen molar-refractivity contribution in [1.82, 2.24) is 15.0 Å². The zero-order valence-corrected chi connectivity index (χ0v) is 28.1. The Morgan fingerprint density at radius 1 is 0.634 bits per heavy atom. The van der Waals surface area contributed by atoms with Crippen LogP contribution in [-0.2, 0) is 6.54 Å². The monoisotopic (exact) mass is 723 g/mol. The van der Waals surface area contributed by atoms with Crippen LogP contribution in [0.2, 0.25) is 0 Å². The van der Waals surface area contributed by atoms with Crippen molar-refractivity contribution in [2.75, 3.05) is 26.4 Å². The lowest BCUT2D eigenvalue weighted by atomic mass is 10.0. The summed E-state index contributed by atoms with van der Waals surface area (Å²) >= 11 is 10.6. The number of aromatic nitrogens is 3. The minimum Gasteiger partial charge on any atom is -0.485 e. The Bertz CT molecular complexity index is 1400. The van der Waals surface area contributed by atoms with Crippen molar-refractivity contribution in [2.45, 2.75) is 77.7 Å². The summed E-state index contributed by atoms with van der Waals surface area (Å²) in [5.74, 6) is 3.10. The molecule has 0 amide bonds. The van der Waals surface area contributed by atoms with E-state index in [2.05, 4.69) is 50.9 Å². The molecule has 2 aliphatic heterocycles. The molecule has 2 aliphatic rings. The van der Waals surface area contributed by atoms with E-state index in [0.717, 1.165) is 75.5 Å². The molecule has 5 heterocycles. The molecule has 220 valence electrons. The molecule has 0 bridgehead atoms. The first kappa shape index (κ1) is 29.3. The van der Waals surface area contributed by atoms with E-state index in [1.807, 2.05) is 4.80 Å². The van der Waals surface area contributed by atoms with Gasteiger partial charge in [-0.05, 0) is 38.3 Å². The summed E-state index contributed by atoms with van der Waals surface area (Å²) in [4.78, 5) is 3.88. The highest BCUT2D eigenvalue weighted by molar-refractivity contribution is 9.11. The second-order valence-corrected chi connectivity index (χ2v) is 15.1. The highest BCUT2D eigenvalue weighted by atomic mass is 79.9. The first-order chi connectivity index (χ1) is 20.2. The van der Waals surface area contributed by atoms with Gasteiger partial charge in [-0.2, -0.15) is 15.0 Å². The van der Waals surface area contributed by atoms with Crippen molar-refractivity contribution >= 4 is 65.6 Å². The molecule has 0 saturated carbocycles. The molecule has 41 heavy (non-hydrogen) atoms. The molecule has 7 nitrogen and oxygen atoms in total. The van der Waals surface area contributed by atoms with Crippen LogP contribution < -0.4 is 18.9 Å². The molecule has 4 aromatic rings.